The average molecular weight is 360 g/mol. The van der Waals surface area contributed by atoms with E-state index < -0.39 is 0 Å². The van der Waals surface area contributed by atoms with E-state index in [1.807, 2.05) is 43.4 Å². The fourth-order valence-electron chi connectivity index (χ4n) is 2.47. The van der Waals surface area contributed by atoms with Gasteiger partial charge >= 0.3 is 0 Å². The van der Waals surface area contributed by atoms with Crippen LogP contribution in [0.15, 0.2) is 53.0 Å². The fraction of sp³-hybridized carbons (Fsp3) is 0.278. The number of halogens is 1. The van der Waals surface area contributed by atoms with Crippen LogP contribution in [-0.4, -0.2) is 24.8 Å². The molecule has 0 bridgehead atoms. The van der Waals surface area contributed by atoms with Crippen LogP contribution in [0.3, 0.4) is 0 Å². The molecule has 0 aromatic heterocycles. The molecular formula is C18H22BrN3. The maximum atomic E-state index is 8.66. The number of likely N-dealkylation sites (N-methyl/N-ethyl adjacent to an activating group) is 1. The van der Waals surface area contributed by atoms with Gasteiger partial charge in [-0.25, -0.2) is 5.01 Å². The Balaban J connectivity index is 2.38. The van der Waals surface area contributed by atoms with Gasteiger partial charge in [-0.2, -0.15) is 0 Å². The summed E-state index contributed by atoms with van der Waals surface area (Å²) in [7, 11) is 3.83. The topological polar surface area (TPSA) is 39.1 Å². The molecule has 0 aliphatic rings. The van der Waals surface area contributed by atoms with Gasteiger partial charge in [0.2, 0.25) is 0 Å². The second-order valence-electron chi connectivity index (χ2n) is 5.26. The third-order valence-electron chi connectivity index (χ3n) is 3.85. The standard InChI is InChI=1S/C18H22BrN3/c1-4-13-8-10-14(11-9-13)17(20)18(22(3)21-2)15-6-5-7-16(19)12-15/h5-12,18,20-21H,4H2,1-3H3. The summed E-state index contributed by atoms with van der Waals surface area (Å²) in [5.74, 6) is 0. The molecule has 1 atom stereocenters. The number of hydrogen-bond acceptors (Lipinski definition) is 3. The number of aryl methyl sites for hydroxylation is 1. The summed E-state index contributed by atoms with van der Waals surface area (Å²) in [6.45, 7) is 2.14. The summed E-state index contributed by atoms with van der Waals surface area (Å²) in [5.41, 5.74) is 7.03. The Hall–Kier alpha value is -1.49. The summed E-state index contributed by atoms with van der Waals surface area (Å²) in [5, 5.41) is 10.6. The molecular weight excluding hydrogens is 338 g/mol. The molecule has 4 heteroatoms. The van der Waals surface area contributed by atoms with Gasteiger partial charge < -0.3 is 5.41 Å². The van der Waals surface area contributed by atoms with E-state index in [0.717, 1.165) is 22.0 Å². The number of benzene rings is 2. The number of nitrogens with one attached hydrogen (secondary N) is 2. The number of hydrazine groups is 1. The Morgan fingerprint density at radius 2 is 1.91 bits per heavy atom. The van der Waals surface area contributed by atoms with Crippen molar-refractivity contribution >= 4 is 21.6 Å². The summed E-state index contributed by atoms with van der Waals surface area (Å²) in [6.07, 6.45) is 1.01. The first-order valence-corrected chi connectivity index (χ1v) is 8.19. The van der Waals surface area contributed by atoms with Gasteiger partial charge in [-0.3, -0.25) is 5.43 Å². The quantitative estimate of drug-likeness (QED) is 0.599. The number of hydrogen-bond donors (Lipinski definition) is 2. The van der Waals surface area contributed by atoms with Gasteiger partial charge in [0.05, 0.1) is 11.8 Å². The maximum Gasteiger partial charge on any atom is 0.0910 e. The van der Waals surface area contributed by atoms with Gasteiger partial charge in [0.1, 0.15) is 0 Å². The van der Waals surface area contributed by atoms with Crippen molar-refractivity contribution in [3.8, 4) is 0 Å². The fourth-order valence-corrected chi connectivity index (χ4v) is 2.88. The summed E-state index contributed by atoms with van der Waals surface area (Å²) in [6, 6.07) is 16.2. The van der Waals surface area contributed by atoms with Crippen molar-refractivity contribution in [2.24, 2.45) is 0 Å². The third kappa shape index (κ3) is 3.83. The van der Waals surface area contributed by atoms with Gasteiger partial charge in [0, 0.05) is 11.5 Å². The molecule has 2 aromatic carbocycles. The molecule has 0 saturated heterocycles. The zero-order valence-electron chi connectivity index (χ0n) is 13.2. The van der Waals surface area contributed by atoms with Gasteiger partial charge in [-0.1, -0.05) is 59.3 Å². The van der Waals surface area contributed by atoms with Crippen LogP contribution in [0.5, 0.6) is 0 Å². The second-order valence-corrected chi connectivity index (χ2v) is 6.17. The Labute approximate surface area is 141 Å². The molecule has 0 aliphatic carbocycles. The predicted octanol–water partition coefficient (Wildman–Crippen LogP) is 4.19. The molecule has 0 fully saturated rings. The first kappa shape index (κ1) is 16.9. The van der Waals surface area contributed by atoms with Crippen LogP contribution in [0.4, 0.5) is 0 Å². The molecule has 0 aliphatic heterocycles. The Bertz CT molecular complexity index is 637. The van der Waals surface area contributed by atoms with Crippen LogP contribution in [0, 0.1) is 5.41 Å². The van der Waals surface area contributed by atoms with Crippen molar-refractivity contribution in [2.75, 3.05) is 14.1 Å². The molecule has 0 amide bonds. The number of rotatable bonds is 6. The minimum Gasteiger partial charge on any atom is -0.303 e. The van der Waals surface area contributed by atoms with Crippen molar-refractivity contribution in [2.45, 2.75) is 19.4 Å². The van der Waals surface area contributed by atoms with E-state index >= 15 is 0 Å². The molecule has 2 N–H and O–H groups in total. The first-order chi connectivity index (χ1) is 10.6. The zero-order valence-corrected chi connectivity index (χ0v) is 14.8. The largest absolute Gasteiger partial charge is 0.303 e. The van der Waals surface area contributed by atoms with Crippen molar-refractivity contribution in [3.05, 3.63) is 69.7 Å². The Kier molecular flexibility index (Phi) is 5.89. The van der Waals surface area contributed by atoms with Crippen molar-refractivity contribution in [1.29, 1.82) is 5.41 Å². The van der Waals surface area contributed by atoms with E-state index in [0.29, 0.717) is 5.71 Å². The molecule has 0 heterocycles. The van der Waals surface area contributed by atoms with Gasteiger partial charge in [-0.05, 0) is 42.3 Å². The maximum absolute atomic E-state index is 8.66. The second kappa shape index (κ2) is 7.68. The highest BCUT2D eigenvalue weighted by Crippen LogP contribution is 2.25. The van der Waals surface area contributed by atoms with Crippen LogP contribution in [-0.2, 0) is 6.42 Å². The van der Waals surface area contributed by atoms with E-state index in [4.69, 9.17) is 5.41 Å². The van der Waals surface area contributed by atoms with Crippen molar-refractivity contribution in [3.63, 3.8) is 0 Å². The first-order valence-electron chi connectivity index (χ1n) is 7.40. The van der Waals surface area contributed by atoms with Crippen LogP contribution < -0.4 is 5.43 Å². The van der Waals surface area contributed by atoms with E-state index in [1.54, 1.807) is 0 Å². The summed E-state index contributed by atoms with van der Waals surface area (Å²) < 4.78 is 1.02. The highest BCUT2D eigenvalue weighted by molar-refractivity contribution is 9.10. The summed E-state index contributed by atoms with van der Waals surface area (Å²) >= 11 is 3.52. The molecule has 2 rings (SSSR count). The molecule has 22 heavy (non-hydrogen) atoms. The lowest BCUT2D eigenvalue weighted by Crippen LogP contribution is -2.39. The molecule has 0 radical (unpaired) electrons. The van der Waals surface area contributed by atoms with E-state index in [2.05, 4.69) is 52.5 Å². The third-order valence-corrected chi connectivity index (χ3v) is 4.34. The smallest absolute Gasteiger partial charge is 0.0910 e. The van der Waals surface area contributed by atoms with Gasteiger partial charge in [0.15, 0.2) is 0 Å². The minimum absolute atomic E-state index is 0.144. The Morgan fingerprint density at radius 1 is 1.23 bits per heavy atom. The Morgan fingerprint density at radius 3 is 2.45 bits per heavy atom. The lowest BCUT2D eigenvalue weighted by Gasteiger charge is -2.28. The van der Waals surface area contributed by atoms with Crippen molar-refractivity contribution < 1.29 is 0 Å². The summed E-state index contributed by atoms with van der Waals surface area (Å²) in [4.78, 5) is 0. The normalized spacial score (nSPS) is 12.4. The number of nitrogens with zero attached hydrogens (tertiary/aromatic N) is 1. The monoisotopic (exact) mass is 359 g/mol. The van der Waals surface area contributed by atoms with E-state index in [1.165, 1.54) is 5.56 Å². The lowest BCUT2D eigenvalue weighted by molar-refractivity contribution is 0.229. The molecule has 0 spiro atoms. The van der Waals surface area contributed by atoms with Crippen LogP contribution in [0.25, 0.3) is 0 Å². The highest BCUT2D eigenvalue weighted by atomic mass is 79.9. The van der Waals surface area contributed by atoms with Crippen LogP contribution >= 0.6 is 15.9 Å². The molecule has 1 unspecified atom stereocenters. The van der Waals surface area contributed by atoms with Gasteiger partial charge in [0.25, 0.3) is 0 Å². The minimum atomic E-state index is -0.144. The SMILES string of the molecule is CCc1ccc(C(=N)C(c2cccc(Br)c2)N(C)NC)cc1. The highest BCUT2D eigenvalue weighted by Gasteiger charge is 2.22. The predicted molar refractivity (Wildman–Crippen MR) is 96.4 cm³/mol. The van der Waals surface area contributed by atoms with Gasteiger partial charge in [-0.15, -0.1) is 0 Å². The average Bonchev–Trinajstić information content (AvgIpc) is 2.55. The molecule has 3 nitrogen and oxygen atoms in total. The zero-order chi connectivity index (χ0) is 16.1. The van der Waals surface area contributed by atoms with Crippen LogP contribution in [0.2, 0.25) is 0 Å². The lowest BCUT2D eigenvalue weighted by atomic mass is 9.95. The van der Waals surface area contributed by atoms with Crippen LogP contribution in [0.1, 0.15) is 29.7 Å². The molecule has 116 valence electrons. The molecule has 0 saturated carbocycles. The van der Waals surface area contributed by atoms with Crippen molar-refractivity contribution in [1.82, 2.24) is 10.4 Å². The van der Waals surface area contributed by atoms with E-state index in [-0.39, 0.29) is 6.04 Å². The van der Waals surface area contributed by atoms with E-state index in [9.17, 15) is 0 Å². The molecule has 2 aromatic rings.